The summed E-state index contributed by atoms with van der Waals surface area (Å²) in [6.07, 6.45) is 0. The number of nitrogens with one attached hydrogen (secondary N) is 2. The highest BCUT2D eigenvalue weighted by Gasteiger charge is 2.48. The van der Waals surface area contributed by atoms with Crippen LogP contribution in [-0.2, 0) is 10.3 Å². The summed E-state index contributed by atoms with van der Waals surface area (Å²) in [5.74, 6) is -1.37. The Labute approximate surface area is 124 Å². The molecule has 1 aliphatic rings. The topological polar surface area (TPSA) is 58.2 Å². The van der Waals surface area contributed by atoms with Crippen LogP contribution in [-0.4, -0.2) is 11.9 Å². The highest BCUT2D eigenvalue weighted by molar-refractivity contribution is 6.09. The second-order valence-corrected chi connectivity index (χ2v) is 3.67. The standard InChI is InChI=1S/C15H12N2O2/c18-13-15(17-14(19)16-13,11-7-3-1-4-8-11)12-9-5-2-6-10-12/h1-10H,(H2,16,17,18,19)/i1D,2D,3D,4D,5D,6D,7D,8D,9D/hD. The van der Waals surface area contributed by atoms with Gasteiger partial charge < -0.3 is 5.32 Å². The van der Waals surface area contributed by atoms with Gasteiger partial charge in [-0.05, 0) is 11.1 Å². The van der Waals surface area contributed by atoms with Gasteiger partial charge in [-0.25, -0.2) is 4.79 Å². The van der Waals surface area contributed by atoms with E-state index in [1.807, 2.05) is 0 Å². The van der Waals surface area contributed by atoms with Crippen molar-refractivity contribution in [1.29, 1.82) is 0 Å². The van der Waals surface area contributed by atoms with E-state index in [0.29, 0.717) is 0 Å². The van der Waals surface area contributed by atoms with Crippen LogP contribution in [0.5, 0.6) is 0 Å². The Bertz CT molecular complexity index is 1080. The molecule has 2 aromatic carbocycles. The SMILES string of the molecule is [2H]c1cc(C2(c3c([2H])c([2H])c([2H])c([2H])c3[2H])NC(=O)N([2H])C2=O)c([2H])c([2H])c1[2H]. The summed E-state index contributed by atoms with van der Waals surface area (Å²) in [6.45, 7) is 0. The third kappa shape index (κ3) is 1.69. The quantitative estimate of drug-likeness (QED) is 0.810. The van der Waals surface area contributed by atoms with Crippen molar-refractivity contribution in [1.82, 2.24) is 10.6 Å². The number of urea groups is 1. The van der Waals surface area contributed by atoms with Crippen molar-refractivity contribution in [3.63, 3.8) is 0 Å². The summed E-state index contributed by atoms with van der Waals surface area (Å²) in [4.78, 5) is 25.1. The first-order valence-corrected chi connectivity index (χ1v) is 5.18. The predicted molar refractivity (Wildman–Crippen MR) is 70.3 cm³/mol. The lowest BCUT2D eigenvalue weighted by Crippen LogP contribution is -2.44. The van der Waals surface area contributed by atoms with E-state index in [-0.39, 0.29) is 5.31 Å². The number of benzene rings is 2. The summed E-state index contributed by atoms with van der Waals surface area (Å²) in [6, 6.07) is -7.28. The Morgan fingerprint density at radius 2 is 1.58 bits per heavy atom. The second-order valence-electron chi connectivity index (χ2n) is 3.67. The molecule has 0 bridgehead atoms. The molecule has 1 aliphatic heterocycles. The second kappa shape index (κ2) is 4.24. The summed E-state index contributed by atoms with van der Waals surface area (Å²) in [5, 5.41) is 1.98. The number of carbonyl (C=O) groups excluding carboxylic acids is 2. The fourth-order valence-corrected chi connectivity index (χ4v) is 1.82. The zero-order valence-corrected chi connectivity index (χ0v) is 9.34. The molecular weight excluding hydrogens is 240 g/mol. The van der Waals surface area contributed by atoms with Gasteiger partial charge in [0.1, 0.15) is 0 Å². The molecule has 0 aliphatic carbocycles. The predicted octanol–water partition coefficient (Wildman–Crippen LogP) is 1.77. The van der Waals surface area contributed by atoms with E-state index in [4.69, 9.17) is 13.7 Å². The highest BCUT2D eigenvalue weighted by atomic mass is 16.2. The lowest BCUT2D eigenvalue weighted by molar-refractivity contribution is -0.122. The Morgan fingerprint density at radius 1 is 0.947 bits per heavy atom. The van der Waals surface area contributed by atoms with Gasteiger partial charge in [-0.1, -0.05) is 60.4 Å². The van der Waals surface area contributed by atoms with Crippen molar-refractivity contribution in [2.75, 3.05) is 0 Å². The number of rotatable bonds is 2. The fraction of sp³-hybridized carbons (Fsp3) is 0.0667. The highest BCUT2D eigenvalue weighted by Crippen LogP contribution is 2.32. The molecule has 1 fully saturated rings. The van der Waals surface area contributed by atoms with Gasteiger partial charge in [-0.3, -0.25) is 10.1 Å². The van der Waals surface area contributed by atoms with Crippen molar-refractivity contribution in [3.05, 3.63) is 71.6 Å². The van der Waals surface area contributed by atoms with E-state index in [0.717, 1.165) is 6.07 Å². The van der Waals surface area contributed by atoms with Gasteiger partial charge in [0.05, 0.1) is 12.3 Å². The smallest absolute Gasteiger partial charge is 0.316 e. The van der Waals surface area contributed by atoms with Gasteiger partial charge in [-0.2, -0.15) is 0 Å². The first-order chi connectivity index (χ1) is 13.4. The Hall–Kier alpha value is -2.62. The zero-order chi connectivity index (χ0) is 22.0. The van der Waals surface area contributed by atoms with Crippen molar-refractivity contribution < 1.29 is 23.3 Å². The number of hydrogen-bond acceptors (Lipinski definition) is 2. The lowest BCUT2D eigenvalue weighted by Gasteiger charge is -2.27. The van der Waals surface area contributed by atoms with E-state index in [2.05, 4.69) is 5.32 Å². The van der Waals surface area contributed by atoms with Gasteiger partial charge >= 0.3 is 6.03 Å². The molecular formula is C15H12N2O2. The molecule has 0 radical (unpaired) electrons. The summed E-state index contributed by atoms with van der Waals surface area (Å²) in [7, 11) is 0. The average molecular weight is 262 g/mol. The lowest BCUT2D eigenvalue weighted by atomic mass is 9.83. The van der Waals surface area contributed by atoms with Crippen molar-refractivity contribution in [2.24, 2.45) is 0 Å². The Balaban J connectivity index is 2.55. The monoisotopic (exact) mass is 262 g/mol. The maximum absolute atomic E-state index is 13.0. The average Bonchev–Trinajstić information content (AvgIpc) is 2.90. The number of hydrogen-bond donors (Lipinski definition) is 2. The van der Waals surface area contributed by atoms with Gasteiger partial charge in [0.15, 0.2) is 6.95 Å². The summed E-state index contributed by atoms with van der Waals surface area (Å²) in [5.41, 5.74) is -3.88. The molecule has 2 N–H and O–H groups in total. The molecule has 3 amide bonds. The van der Waals surface area contributed by atoms with Gasteiger partial charge in [0.2, 0.25) is 0 Å². The Morgan fingerprint density at radius 3 is 2.21 bits per heavy atom. The van der Waals surface area contributed by atoms with E-state index < -0.39 is 83.0 Å². The van der Waals surface area contributed by atoms with Gasteiger partial charge in [0, 0.05) is 0 Å². The van der Waals surface area contributed by atoms with Crippen LogP contribution in [0.3, 0.4) is 0 Å². The van der Waals surface area contributed by atoms with Crippen molar-refractivity contribution in [2.45, 2.75) is 5.54 Å². The first-order valence-electron chi connectivity index (χ1n) is 10.1. The molecule has 0 aromatic heterocycles. The molecule has 1 heterocycles. The minimum atomic E-state index is -2.61. The molecule has 0 spiro atoms. The van der Waals surface area contributed by atoms with E-state index >= 15 is 0 Å². The molecule has 1 saturated heterocycles. The van der Waals surface area contributed by atoms with E-state index in [9.17, 15) is 9.59 Å². The van der Waals surface area contributed by atoms with E-state index in [1.54, 1.807) is 0 Å². The Kier molecular flexibility index (Phi) is 1.07. The number of carbonyl (C=O) groups is 2. The molecule has 19 heavy (non-hydrogen) atoms. The van der Waals surface area contributed by atoms with Crippen LogP contribution in [0.4, 0.5) is 4.79 Å². The molecule has 4 heteroatoms. The summed E-state index contributed by atoms with van der Waals surface area (Å²) >= 11 is 0. The van der Waals surface area contributed by atoms with Crippen LogP contribution in [0.2, 0.25) is 1.41 Å². The number of imide groups is 1. The number of amides is 3. The maximum atomic E-state index is 13.0. The van der Waals surface area contributed by atoms with Crippen LogP contribution in [0.1, 0.15) is 23.5 Å². The first kappa shape index (κ1) is 4.81. The van der Waals surface area contributed by atoms with Crippen molar-refractivity contribution >= 4 is 11.9 Å². The molecule has 94 valence electrons. The summed E-state index contributed by atoms with van der Waals surface area (Å²) < 4.78 is 78.9. The molecule has 1 atom stereocenters. The fourth-order valence-electron chi connectivity index (χ4n) is 1.82. The van der Waals surface area contributed by atoms with Crippen LogP contribution >= 0.6 is 0 Å². The van der Waals surface area contributed by atoms with Crippen LogP contribution in [0.25, 0.3) is 0 Å². The van der Waals surface area contributed by atoms with Gasteiger partial charge in [-0.15, -0.1) is 0 Å². The van der Waals surface area contributed by atoms with E-state index in [1.165, 1.54) is 0 Å². The third-order valence-electron chi connectivity index (χ3n) is 2.65. The van der Waals surface area contributed by atoms with Gasteiger partial charge in [0.25, 0.3) is 5.91 Å². The molecule has 3 rings (SSSR count). The minimum absolute atomic E-state index is 0.123. The van der Waals surface area contributed by atoms with Crippen LogP contribution < -0.4 is 10.6 Å². The maximum Gasteiger partial charge on any atom is 0.322 e. The third-order valence-corrected chi connectivity index (χ3v) is 2.65. The molecule has 2 aromatic rings. The normalized spacial score (nSPS) is 29.8. The molecule has 0 saturated carbocycles. The van der Waals surface area contributed by atoms with Crippen LogP contribution in [0.15, 0.2) is 60.4 Å². The molecule has 1 unspecified atom stereocenters. The zero-order valence-electron chi connectivity index (χ0n) is 19.3. The minimum Gasteiger partial charge on any atom is -0.316 e. The van der Waals surface area contributed by atoms with Crippen LogP contribution in [0, 0.1) is 0 Å². The molecule has 4 nitrogen and oxygen atoms in total. The largest absolute Gasteiger partial charge is 0.322 e. The van der Waals surface area contributed by atoms with Crippen molar-refractivity contribution in [3.8, 4) is 0 Å².